The summed E-state index contributed by atoms with van der Waals surface area (Å²) in [5.41, 5.74) is 8.50. The molecule has 0 fully saturated rings. The third kappa shape index (κ3) is 4.03. The first kappa shape index (κ1) is 28.0. The summed E-state index contributed by atoms with van der Waals surface area (Å²) >= 11 is 0. The molecule has 1 aliphatic heterocycles. The number of hydrogen-bond acceptors (Lipinski definition) is 2. The van der Waals surface area contributed by atoms with Crippen LogP contribution in [0, 0.1) is 0 Å². The molecular formula is C45H29N2OP. The molecule has 0 saturated heterocycles. The molecule has 0 amide bonds. The van der Waals surface area contributed by atoms with Crippen LogP contribution in [0.2, 0.25) is 0 Å². The lowest BCUT2D eigenvalue weighted by Crippen LogP contribution is -2.32. The highest BCUT2D eigenvalue weighted by atomic mass is 31.2. The first-order valence-electron chi connectivity index (χ1n) is 16.6. The topological polar surface area (TPSA) is 34.9 Å². The van der Waals surface area contributed by atoms with Crippen LogP contribution in [-0.4, -0.2) is 9.55 Å². The third-order valence-corrected chi connectivity index (χ3v) is 13.1. The number of imidazole rings is 1. The van der Waals surface area contributed by atoms with Gasteiger partial charge in [0.2, 0.25) is 0 Å². The minimum absolute atomic E-state index is 0.830. The van der Waals surface area contributed by atoms with Gasteiger partial charge < -0.3 is 4.57 Å². The van der Waals surface area contributed by atoms with E-state index >= 15 is 4.57 Å². The Labute approximate surface area is 284 Å². The van der Waals surface area contributed by atoms with E-state index in [0.717, 1.165) is 54.8 Å². The van der Waals surface area contributed by atoms with Crippen LogP contribution in [-0.2, 0) is 4.57 Å². The van der Waals surface area contributed by atoms with Gasteiger partial charge in [-0.25, -0.2) is 4.98 Å². The fraction of sp³-hybridized carbons (Fsp3) is 0. The van der Waals surface area contributed by atoms with Gasteiger partial charge in [-0.3, -0.25) is 4.57 Å². The molecule has 8 aromatic carbocycles. The van der Waals surface area contributed by atoms with Crippen molar-refractivity contribution in [3.05, 3.63) is 176 Å². The zero-order valence-electron chi connectivity index (χ0n) is 26.5. The van der Waals surface area contributed by atoms with Crippen LogP contribution in [0.15, 0.2) is 176 Å². The quantitative estimate of drug-likeness (QED) is 0.141. The molecule has 0 spiro atoms. The van der Waals surface area contributed by atoms with Gasteiger partial charge in [0.15, 0.2) is 7.14 Å². The molecule has 3 nitrogen and oxygen atoms in total. The first-order valence-corrected chi connectivity index (χ1v) is 18.3. The molecule has 1 atom stereocenters. The summed E-state index contributed by atoms with van der Waals surface area (Å²) in [6.45, 7) is 0. The van der Waals surface area contributed by atoms with Gasteiger partial charge in [-0.05, 0) is 74.1 Å². The van der Waals surface area contributed by atoms with Crippen LogP contribution in [0.3, 0.4) is 0 Å². The smallest absolute Gasteiger partial charge is 0.175 e. The zero-order chi connectivity index (χ0) is 32.5. The molecule has 230 valence electrons. The lowest BCUT2D eigenvalue weighted by Gasteiger charge is -2.29. The van der Waals surface area contributed by atoms with E-state index < -0.39 is 7.14 Å². The van der Waals surface area contributed by atoms with E-state index in [1.165, 1.54) is 33.0 Å². The summed E-state index contributed by atoms with van der Waals surface area (Å²) in [7, 11) is -3.18. The Bertz CT molecular complexity index is 2740. The van der Waals surface area contributed by atoms with Crippen molar-refractivity contribution in [1.29, 1.82) is 0 Å². The summed E-state index contributed by atoms with van der Waals surface area (Å²) in [5, 5.41) is 7.09. The Balaban J connectivity index is 1.31. The van der Waals surface area contributed by atoms with Crippen molar-refractivity contribution in [3.63, 3.8) is 0 Å². The molecular weight excluding hydrogens is 615 g/mol. The molecule has 0 bridgehead atoms. The largest absolute Gasteiger partial charge is 0.308 e. The number of para-hydroxylation sites is 2. The van der Waals surface area contributed by atoms with Gasteiger partial charge >= 0.3 is 0 Å². The summed E-state index contributed by atoms with van der Waals surface area (Å²) in [4.78, 5) is 5.41. The second-order valence-electron chi connectivity index (χ2n) is 12.6. The van der Waals surface area contributed by atoms with E-state index in [9.17, 15) is 0 Å². The predicted octanol–water partition coefficient (Wildman–Crippen LogP) is 10.3. The van der Waals surface area contributed by atoms with Crippen molar-refractivity contribution >= 4 is 55.6 Å². The van der Waals surface area contributed by atoms with Gasteiger partial charge in [0.25, 0.3) is 0 Å². The molecule has 49 heavy (non-hydrogen) atoms. The lowest BCUT2D eigenvalue weighted by atomic mass is 9.87. The summed E-state index contributed by atoms with van der Waals surface area (Å²) < 4.78 is 17.8. The van der Waals surface area contributed by atoms with Crippen molar-refractivity contribution < 1.29 is 4.57 Å². The van der Waals surface area contributed by atoms with E-state index in [4.69, 9.17) is 4.98 Å². The van der Waals surface area contributed by atoms with Gasteiger partial charge in [0.05, 0.1) is 16.7 Å². The van der Waals surface area contributed by atoms with E-state index in [0.29, 0.717) is 0 Å². The highest BCUT2D eigenvalue weighted by Crippen LogP contribution is 2.51. The molecule has 10 rings (SSSR count). The molecule has 4 heteroatoms. The van der Waals surface area contributed by atoms with Crippen LogP contribution >= 0.6 is 7.14 Å². The van der Waals surface area contributed by atoms with Crippen molar-refractivity contribution in [3.8, 4) is 39.3 Å². The summed E-state index contributed by atoms with van der Waals surface area (Å²) in [6, 6.07) is 61.0. The Morgan fingerprint density at radius 2 is 0.980 bits per heavy atom. The van der Waals surface area contributed by atoms with Gasteiger partial charge in [-0.2, -0.15) is 0 Å². The van der Waals surface area contributed by atoms with E-state index in [1.807, 2.05) is 60.7 Å². The van der Waals surface area contributed by atoms with Gasteiger partial charge in [-0.1, -0.05) is 146 Å². The van der Waals surface area contributed by atoms with Gasteiger partial charge in [0, 0.05) is 21.5 Å². The fourth-order valence-electron chi connectivity index (χ4n) is 7.90. The number of rotatable bonds is 4. The van der Waals surface area contributed by atoms with Crippen molar-refractivity contribution in [1.82, 2.24) is 9.55 Å². The maximum Gasteiger partial charge on any atom is 0.175 e. The standard InChI is InChI=1S/C45H29N2OP/c48-49(33-19-5-2-6-20-33)40-27-12-11-26-39(40)47-44-38(25-14-28-41(44)49)46-45(47)43-36-23-9-7-21-34(36)42(35-22-8-10-24-37(35)43)32-18-13-17-31(29-32)30-15-3-1-4-16-30/h1-29H. The number of fused-ring (bicyclic) bond motifs is 4. The van der Waals surface area contributed by atoms with E-state index in [2.05, 4.69) is 120 Å². The Kier molecular flexibility index (Phi) is 6.15. The van der Waals surface area contributed by atoms with Crippen molar-refractivity contribution in [2.75, 3.05) is 0 Å². The van der Waals surface area contributed by atoms with Gasteiger partial charge in [-0.15, -0.1) is 0 Å². The maximum atomic E-state index is 15.5. The van der Waals surface area contributed by atoms with Crippen LogP contribution in [0.25, 0.3) is 71.9 Å². The minimum atomic E-state index is -3.18. The monoisotopic (exact) mass is 644 g/mol. The maximum absolute atomic E-state index is 15.5. The SMILES string of the molecule is O=P1(c2ccccc2)c2ccccc2-n2c(-c3c4ccccc4c(-c4cccc(-c5ccccc5)c4)c4ccccc34)nc3cccc1c32. The summed E-state index contributed by atoms with van der Waals surface area (Å²) in [5.74, 6) is 0.853. The first-order chi connectivity index (χ1) is 24.2. The van der Waals surface area contributed by atoms with Crippen molar-refractivity contribution in [2.24, 2.45) is 0 Å². The molecule has 0 saturated carbocycles. The number of benzene rings is 8. The second kappa shape index (κ2) is 10.8. The highest BCUT2D eigenvalue weighted by Gasteiger charge is 2.40. The fourth-order valence-corrected chi connectivity index (χ4v) is 10.9. The molecule has 0 aliphatic carbocycles. The second-order valence-corrected chi connectivity index (χ2v) is 15.3. The van der Waals surface area contributed by atoms with E-state index in [1.54, 1.807) is 0 Å². The number of hydrogen-bond donors (Lipinski definition) is 0. The van der Waals surface area contributed by atoms with Crippen LogP contribution < -0.4 is 15.9 Å². The number of nitrogens with zero attached hydrogens (tertiary/aromatic N) is 2. The summed E-state index contributed by atoms with van der Waals surface area (Å²) in [6.07, 6.45) is 0. The average molecular weight is 645 g/mol. The van der Waals surface area contributed by atoms with Crippen molar-refractivity contribution in [2.45, 2.75) is 0 Å². The molecule has 1 aromatic heterocycles. The normalized spacial score (nSPS) is 15.1. The molecule has 0 N–H and O–H groups in total. The minimum Gasteiger partial charge on any atom is -0.308 e. The average Bonchev–Trinajstić information content (AvgIpc) is 3.56. The van der Waals surface area contributed by atoms with Crippen LogP contribution in [0.4, 0.5) is 0 Å². The molecule has 0 radical (unpaired) electrons. The molecule has 2 heterocycles. The molecule has 1 aliphatic rings. The Morgan fingerprint density at radius 1 is 0.449 bits per heavy atom. The lowest BCUT2D eigenvalue weighted by molar-refractivity contribution is 0.592. The third-order valence-electron chi connectivity index (χ3n) is 9.99. The Morgan fingerprint density at radius 3 is 1.69 bits per heavy atom. The predicted molar refractivity (Wildman–Crippen MR) is 205 cm³/mol. The number of aromatic nitrogens is 2. The van der Waals surface area contributed by atoms with Crippen LogP contribution in [0.1, 0.15) is 0 Å². The van der Waals surface area contributed by atoms with Gasteiger partial charge in [0.1, 0.15) is 5.82 Å². The molecule has 9 aromatic rings. The molecule has 1 unspecified atom stereocenters. The van der Waals surface area contributed by atoms with Crippen LogP contribution in [0.5, 0.6) is 0 Å². The Hall–Kier alpha value is -6.02. The van der Waals surface area contributed by atoms with E-state index in [-0.39, 0.29) is 0 Å². The highest BCUT2D eigenvalue weighted by molar-refractivity contribution is 7.86. The zero-order valence-corrected chi connectivity index (χ0v) is 27.4.